The zero-order valence-corrected chi connectivity index (χ0v) is 11.8. The van der Waals surface area contributed by atoms with Gasteiger partial charge in [0.25, 0.3) is 0 Å². The minimum absolute atomic E-state index is 0.498. The third-order valence-corrected chi connectivity index (χ3v) is 4.51. The fraction of sp³-hybridized carbons (Fsp3) is 0.800. The van der Waals surface area contributed by atoms with Gasteiger partial charge in [-0.05, 0) is 31.6 Å². The Hall–Kier alpha value is -0.870. The molecule has 0 aliphatic heterocycles. The number of nitrogens with zero attached hydrogens (tertiary/aromatic N) is 2. The number of aromatic nitrogens is 2. The van der Waals surface area contributed by atoms with Gasteiger partial charge in [-0.25, -0.2) is 4.98 Å². The largest absolute Gasteiger partial charge is 0.389 e. The Balaban J connectivity index is 1.50. The Bertz CT molecular complexity index is 427. The molecule has 0 bridgehead atoms. The van der Waals surface area contributed by atoms with Crippen LogP contribution in [-0.4, -0.2) is 26.8 Å². The summed E-state index contributed by atoms with van der Waals surface area (Å²) in [6.45, 7) is 3.76. The summed E-state index contributed by atoms with van der Waals surface area (Å²) in [5.74, 6) is 0.651. The Morgan fingerprint density at radius 1 is 1.47 bits per heavy atom. The first-order valence-electron chi connectivity index (χ1n) is 7.60. The molecule has 3 rings (SSSR count). The summed E-state index contributed by atoms with van der Waals surface area (Å²) in [6.07, 6.45) is 10.7. The predicted octanol–water partition coefficient (Wildman–Crippen LogP) is 2.25. The summed E-state index contributed by atoms with van der Waals surface area (Å²) in [5.41, 5.74) is 0.747. The highest BCUT2D eigenvalue weighted by molar-refractivity contribution is 5.03. The van der Waals surface area contributed by atoms with Crippen LogP contribution in [0.15, 0.2) is 12.5 Å². The lowest BCUT2D eigenvalue weighted by Crippen LogP contribution is -2.43. The lowest BCUT2D eigenvalue weighted by molar-refractivity contribution is -0.0120. The summed E-state index contributed by atoms with van der Waals surface area (Å²) in [4.78, 5) is 4.24. The first-order chi connectivity index (χ1) is 9.16. The van der Waals surface area contributed by atoms with E-state index in [0.29, 0.717) is 18.5 Å². The first kappa shape index (κ1) is 13.1. The number of nitrogens with one attached hydrogen (secondary N) is 1. The molecule has 2 fully saturated rings. The molecular formula is C15H25N3O. The minimum Gasteiger partial charge on any atom is -0.389 e. The van der Waals surface area contributed by atoms with Crippen molar-refractivity contribution in [2.75, 3.05) is 6.54 Å². The molecule has 2 aliphatic carbocycles. The van der Waals surface area contributed by atoms with Gasteiger partial charge in [0, 0.05) is 25.3 Å². The van der Waals surface area contributed by atoms with E-state index in [0.717, 1.165) is 25.8 Å². The molecule has 1 aromatic rings. The van der Waals surface area contributed by atoms with Gasteiger partial charge in [0.15, 0.2) is 0 Å². The van der Waals surface area contributed by atoms with E-state index in [2.05, 4.69) is 21.8 Å². The second kappa shape index (κ2) is 5.25. The molecule has 1 aromatic heterocycles. The van der Waals surface area contributed by atoms with E-state index in [-0.39, 0.29) is 0 Å². The highest BCUT2D eigenvalue weighted by atomic mass is 16.3. The fourth-order valence-corrected chi connectivity index (χ4v) is 3.37. The molecule has 2 saturated carbocycles. The van der Waals surface area contributed by atoms with Crippen LogP contribution in [0.25, 0.3) is 0 Å². The van der Waals surface area contributed by atoms with Gasteiger partial charge < -0.3 is 15.0 Å². The third-order valence-electron chi connectivity index (χ3n) is 4.51. The summed E-state index contributed by atoms with van der Waals surface area (Å²) >= 11 is 0. The Morgan fingerprint density at radius 2 is 2.32 bits per heavy atom. The second-order valence-electron chi connectivity index (χ2n) is 6.55. The van der Waals surface area contributed by atoms with Gasteiger partial charge in [-0.1, -0.05) is 19.8 Å². The zero-order chi connectivity index (χ0) is 13.3. The molecule has 0 radical (unpaired) electrons. The molecule has 4 nitrogen and oxygen atoms in total. The highest BCUT2D eigenvalue weighted by Gasteiger charge is 2.32. The highest BCUT2D eigenvalue weighted by Crippen LogP contribution is 2.35. The van der Waals surface area contributed by atoms with Crippen molar-refractivity contribution in [2.24, 2.45) is 5.92 Å². The van der Waals surface area contributed by atoms with Gasteiger partial charge in [-0.3, -0.25) is 0 Å². The quantitative estimate of drug-likeness (QED) is 0.856. The van der Waals surface area contributed by atoms with Crippen molar-refractivity contribution in [1.29, 1.82) is 0 Å². The molecule has 2 unspecified atom stereocenters. The van der Waals surface area contributed by atoms with Gasteiger partial charge in [0.05, 0.1) is 17.6 Å². The molecule has 2 aliphatic rings. The van der Waals surface area contributed by atoms with Crippen LogP contribution in [0.1, 0.15) is 57.2 Å². The maximum absolute atomic E-state index is 10.6. The van der Waals surface area contributed by atoms with Crippen molar-refractivity contribution in [2.45, 2.75) is 63.6 Å². The normalized spacial score (nSPS) is 31.6. The number of aliphatic hydroxyl groups is 1. The van der Waals surface area contributed by atoms with Gasteiger partial charge in [0.2, 0.25) is 0 Å². The Kier molecular flexibility index (Phi) is 3.63. The number of imidazole rings is 1. The molecule has 0 saturated heterocycles. The van der Waals surface area contributed by atoms with E-state index in [1.807, 2.05) is 12.5 Å². The molecule has 0 spiro atoms. The van der Waals surface area contributed by atoms with Crippen molar-refractivity contribution in [3.63, 3.8) is 0 Å². The smallest absolute Gasteiger partial charge is 0.0951 e. The standard InChI is InChI=1S/C15H25N3O/c1-12-3-2-6-15(19,7-12)10-16-8-14-9-17-11-18(14)13-4-5-13/h9,11-13,16,19H,2-8,10H2,1H3. The number of hydrogen-bond donors (Lipinski definition) is 2. The van der Waals surface area contributed by atoms with Crippen LogP contribution >= 0.6 is 0 Å². The molecule has 106 valence electrons. The van der Waals surface area contributed by atoms with Crippen molar-refractivity contribution in [3.8, 4) is 0 Å². The van der Waals surface area contributed by atoms with E-state index >= 15 is 0 Å². The Morgan fingerprint density at radius 3 is 3.05 bits per heavy atom. The van der Waals surface area contributed by atoms with Crippen molar-refractivity contribution in [1.82, 2.24) is 14.9 Å². The summed E-state index contributed by atoms with van der Waals surface area (Å²) in [5, 5.41) is 14.0. The average molecular weight is 263 g/mol. The van der Waals surface area contributed by atoms with Gasteiger partial charge in [-0.2, -0.15) is 0 Å². The average Bonchev–Trinajstić information content (AvgIpc) is 3.09. The maximum atomic E-state index is 10.6. The summed E-state index contributed by atoms with van der Waals surface area (Å²) in [7, 11) is 0. The maximum Gasteiger partial charge on any atom is 0.0951 e. The lowest BCUT2D eigenvalue weighted by atomic mass is 9.79. The van der Waals surface area contributed by atoms with Crippen LogP contribution in [0.3, 0.4) is 0 Å². The molecule has 2 N–H and O–H groups in total. The summed E-state index contributed by atoms with van der Waals surface area (Å²) in [6, 6.07) is 0.678. The topological polar surface area (TPSA) is 50.1 Å². The molecule has 0 aromatic carbocycles. The van der Waals surface area contributed by atoms with Gasteiger partial charge in [-0.15, -0.1) is 0 Å². The monoisotopic (exact) mass is 263 g/mol. The Labute approximate surface area is 115 Å². The molecule has 4 heteroatoms. The minimum atomic E-state index is -0.498. The number of rotatable bonds is 5. The third kappa shape index (κ3) is 3.18. The van der Waals surface area contributed by atoms with E-state index in [9.17, 15) is 5.11 Å². The van der Waals surface area contributed by atoms with Crippen molar-refractivity contribution in [3.05, 3.63) is 18.2 Å². The first-order valence-corrected chi connectivity index (χ1v) is 7.60. The predicted molar refractivity (Wildman–Crippen MR) is 74.8 cm³/mol. The molecule has 19 heavy (non-hydrogen) atoms. The van der Waals surface area contributed by atoms with Crippen molar-refractivity contribution < 1.29 is 5.11 Å². The van der Waals surface area contributed by atoms with Crippen LogP contribution in [0.5, 0.6) is 0 Å². The van der Waals surface area contributed by atoms with Crippen LogP contribution in [0.4, 0.5) is 0 Å². The van der Waals surface area contributed by atoms with Gasteiger partial charge >= 0.3 is 0 Å². The van der Waals surface area contributed by atoms with E-state index in [1.54, 1.807) is 0 Å². The number of hydrogen-bond acceptors (Lipinski definition) is 3. The SMILES string of the molecule is CC1CCCC(O)(CNCc2cncn2C2CC2)C1. The second-order valence-corrected chi connectivity index (χ2v) is 6.55. The van der Waals surface area contributed by atoms with Gasteiger partial charge in [0.1, 0.15) is 0 Å². The lowest BCUT2D eigenvalue weighted by Gasteiger charge is -2.35. The van der Waals surface area contributed by atoms with Crippen LogP contribution in [0, 0.1) is 5.92 Å². The zero-order valence-electron chi connectivity index (χ0n) is 11.8. The summed E-state index contributed by atoms with van der Waals surface area (Å²) < 4.78 is 2.28. The van der Waals surface area contributed by atoms with E-state index in [4.69, 9.17) is 0 Å². The molecular weight excluding hydrogens is 238 g/mol. The molecule has 2 atom stereocenters. The molecule has 0 amide bonds. The molecule has 1 heterocycles. The van der Waals surface area contributed by atoms with Crippen LogP contribution in [0.2, 0.25) is 0 Å². The van der Waals surface area contributed by atoms with Crippen molar-refractivity contribution >= 4 is 0 Å². The van der Waals surface area contributed by atoms with E-state index < -0.39 is 5.60 Å². The fourth-order valence-electron chi connectivity index (χ4n) is 3.37. The van der Waals surface area contributed by atoms with Crippen LogP contribution in [-0.2, 0) is 6.54 Å². The van der Waals surface area contributed by atoms with E-state index in [1.165, 1.54) is 25.0 Å². The van der Waals surface area contributed by atoms with Crippen LogP contribution < -0.4 is 5.32 Å².